The zero-order valence-corrected chi connectivity index (χ0v) is 28.5. The predicted molar refractivity (Wildman–Crippen MR) is 191 cm³/mol. The van der Waals surface area contributed by atoms with Crippen LogP contribution in [-0.4, -0.2) is 61.9 Å². The number of ether oxygens (including phenoxy) is 1. The molecule has 2 aromatic heterocycles. The largest absolute Gasteiger partial charge is 0.496 e. The van der Waals surface area contributed by atoms with E-state index in [0.717, 1.165) is 58.6 Å². The molecule has 4 aromatic carbocycles. The molecule has 0 radical (unpaired) electrons. The van der Waals surface area contributed by atoms with Gasteiger partial charge in [0.25, 0.3) is 5.91 Å². The first kappa shape index (κ1) is 33.6. The number of anilines is 2. The smallest absolute Gasteiger partial charge is 0.252 e. The van der Waals surface area contributed by atoms with Crippen molar-refractivity contribution in [2.24, 2.45) is 5.73 Å². The Morgan fingerprint density at radius 1 is 1.02 bits per heavy atom. The lowest BCUT2D eigenvalue weighted by Gasteiger charge is -2.37. The number of hydrogen-bond acceptors (Lipinski definition) is 8. The molecule has 262 valence electrons. The highest BCUT2D eigenvalue weighted by molar-refractivity contribution is 5.98. The maximum Gasteiger partial charge on any atom is 0.252 e. The minimum Gasteiger partial charge on any atom is -0.496 e. The second-order valence-corrected chi connectivity index (χ2v) is 12.8. The summed E-state index contributed by atoms with van der Waals surface area (Å²) in [6.45, 7) is 3.97. The molecule has 1 amide bonds. The number of nitrogens with two attached hydrogens (primary N) is 1. The van der Waals surface area contributed by atoms with Crippen LogP contribution in [0.2, 0.25) is 0 Å². The first-order chi connectivity index (χ1) is 24.8. The van der Waals surface area contributed by atoms with E-state index in [1.807, 2.05) is 24.3 Å². The molecule has 1 atom stereocenters. The van der Waals surface area contributed by atoms with E-state index < -0.39 is 5.91 Å². The number of carbonyl (C=O) groups excluding carboxylic acids is 1. The van der Waals surface area contributed by atoms with Crippen LogP contribution in [0.5, 0.6) is 5.75 Å². The van der Waals surface area contributed by atoms with Crippen LogP contribution in [0.25, 0.3) is 16.7 Å². The summed E-state index contributed by atoms with van der Waals surface area (Å²) in [5.41, 5.74) is 12.2. The first-order valence-corrected chi connectivity index (χ1v) is 17.1. The third-order valence-corrected chi connectivity index (χ3v) is 9.73. The normalized spacial score (nSPS) is 14.2. The van der Waals surface area contributed by atoms with Gasteiger partial charge in [0, 0.05) is 24.7 Å². The molecule has 1 fully saturated rings. The fraction of sp³-hybridized carbons (Fsp3) is 0.289. The molecule has 0 spiro atoms. The highest BCUT2D eigenvalue weighted by Crippen LogP contribution is 2.43. The topological polar surface area (TPSA) is 129 Å². The van der Waals surface area contributed by atoms with Crippen LogP contribution in [0.3, 0.4) is 0 Å². The number of aromatic nitrogens is 6. The van der Waals surface area contributed by atoms with Crippen LogP contribution in [0.15, 0.2) is 85.2 Å². The maximum absolute atomic E-state index is 13.9. The predicted octanol–water partition coefficient (Wildman–Crippen LogP) is 6.26. The second kappa shape index (κ2) is 14.6. The first-order valence-electron chi connectivity index (χ1n) is 17.1. The van der Waals surface area contributed by atoms with E-state index in [-0.39, 0.29) is 29.2 Å². The molecule has 11 nitrogen and oxygen atoms in total. The average molecular weight is 692 g/mol. The number of piperidine rings is 1. The lowest BCUT2D eigenvalue weighted by atomic mass is 9.87. The van der Waals surface area contributed by atoms with Crippen molar-refractivity contribution in [1.82, 2.24) is 29.8 Å². The molecule has 0 aliphatic carbocycles. The lowest BCUT2D eigenvalue weighted by Crippen LogP contribution is -2.40. The van der Waals surface area contributed by atoms with E-state index in [4.69, 9.17) is 15.5 Å². The molecule has 13 heteroatoms. The van der Waals surface area contributed by atoms with Crippen LogP contribution < -0.4 is 20.7 Å². The van der Waals surface area contributed by atoms with E-state index in [9.17, 15) is 13.6 Å². The quantitative estimate of drug-likeness (QED) is 0.154. The fourth-order valence-electron chi connectivity index (χ4n) is 7.13. The number of rotatable bonds is 12. The monoisotopic (exact) mass is 691 g/mol. The molecular weight excluding hydrogens is 652 g/mol. The van der Waals surface area contributed by atoms with Crippen molar-refractivity contribution in [3.63, 3.8) is 0 Å². The van der Waals surface area contributed by atoms with Gasteiger partial charge in [-0.3, -0.25) is 4.79 Å². The Morgan fingerprint density at radius 3 is 2.37 bits per heavy atom. The van der Waals surface area contributed by atoms with Crippen LogP contribution in [0.4, 0.5) is 20.4 Å². The lowest BCUT2D eigenvalue weighted by molar-refractivity contribution is 0.0997. The Kier molecular flexibility index (Phi) is 9.60. The minimum absolute atomic E-state index is 0.00333. The molecule has 3 N–H and O–H groups in total. The molecule has 1 unspecified atom stereocenters. The molecule has 3 heterocycles. The molecule has 0 bridgehead atoms. The second-order valence-electron chi connectivity index (χ2n) is 12.8. The number of nitrogens with one attached hydrogen (secondary N) is 1. The van der Waals surface area contributed by atoms with Crippen molar-refractivity contribution in [3.05, 3.63) is 119 Å². The molecule has 1 saturated heterocycles. The molecule has 7 rings (SSSR count). The van der Waals surface area contributed by atoms with Crippen molar-refractivity contribution in [2.75, 3.05) is 30.4 Å². The number of benzene rings is 4. The van der Waals surface area contributed by atoms with E-state index in [1.165, 1.54) is 30.6 Å². The number of hydrogen-bond donors (Lipinski definition) is 2. The van der Waals surface area contributed by atoms with Crippen LogP contribution in [0, 0.1) is 11.6 Å². The summed E-state index contributed by atoms with van der Waals surface area (Å²) in [6, 6.07) is 22.9. The number of amides is 1. The highest BCUT2D eigenvalue weighted by atomic mass is 19.1. The van der Waals surface area contributed by atoms with Crippen molar-refractivity contribution in [2.45, 2.75) is 51.1 Å². The van der Waals surface area contributed by atoms with Crippen LogP contribution in [0.1, 0.15) is 59.2 Å². The van der Waals surface area contributed by atoms with Crippen LogP contribution in [-0.2, 0) is 13.0 Å². The summed E-state index contributed by atoms with van der Waals surface area (Å²) >= 11 is 0. The van der Waals surface area contributed by atoms with Gasteiger partial charge in [0.1, 0.15) is 23.7 Å². The van der Waals surface area contributed by atoms with Gasteiger partial charge in [-0.2, -0.15) is 4.68 Å². The van der Waals surface area contributed by atoms with Gasteiger partial charge in [-0.05, 0) is 95.6 Å². The van der Waals surface area contributed by atoms with Gasteiger partial charge in [0.2, 0.25) is 5.95 Å². The number of imidazole rings is 1. The number of primary amides is 1. The van der Waals surface area contributed by atoms with Crippen molar-refractivity contribution >= 4 is 28.6 Å². The molecule has 0 saturated carbocycles. The van der Waals surface area contributed by atoms with E-state index >= 15 is 0 Å². The average Bonchev–Trinajstić information content (AvgIpc) is 3.80. The van der Waals surface area contributed by atoms with Crippen molar-refractivity contribution < 1.29 is 18.3 Å². The number of carbonyl (C=O) groups is 1. The summed E-state index contributed by atoms with van der Waals surface area (Å²) < 4.78 is 37.2. The minimum atomic E-state index is -0.629. The van der Waals surface area contributed by atoms with Gasteiger partial charge < -0.3 is 25.3 Å². The van der Waals surface area contributed by atoms with Crippen LogP contribution >= 0.6 is 0 Å². The van der Waals surface area contributed by atoms with Gasteiger partial charge >= 0.3 is 0 Å². The van der Waals surface area contributed by atoms with E-state index in [1.54, 1.807) is 42.1 Å². The zero-order chi connectivity index (χ0) is 35.5. The van der Waals surface area contributed by atoms with Gasteiger partial charge in [0.15, 0.2) is 0 Å². The number of para-hydroxylation sites is 2. The van der Waals surface area contributed by atoms with Gasteiger partial charge in [-0.15, -0.1) is 5.10 Å². The number of methoxy groups -OCH3 is 1. The molecule has 51 heavy (non-hydrogen) atoms. The Bertz CT molecular complexity index is 2130. The molecule has 1 aliphatic heterocycles. The standard InChI is InChI=1S/C38H39F2N9O2/c1-3-25(26-10-14-28(40)15-11-26)20-30-35(34(49-23-42-45-46-49)21-31(37(41)50)36(30)51-2)47-18-16-29(17-19-47)43-38-44-32-6-4-5-7-33(32)48(38)22-24-8-12-27(39)13-9-24/h4-15,21,23,25,29H,3,16-20,22H2,1-2H3,(H2,41,50)(H,43,44). The highest BCUT2D eigenvalue weighted by Gasteiger charge is 2.31. The Hall–Kier alpha value is -5.85. The fourth-order valence-corrected chi connectivity index (χ4v) is 7.13. The Balaban J connectivity index is 1.22. The summed E-state index contributed by atoms with van der Waals surface area (Å²) in [7, 11) is 1.54. The van der Waals surface area contributed by atoms with Crippen molar-refractivity contribution in [3.8, 4) is 11.4 Å². The van der Waals surface area contributed by atoms with Gasteiger partial charge in [-0.25, -0.2) is 13.8 Å². The number of halogens is 2. The summed E-state index contributed by atoms with van der Waals surface area (Å²) in [6.07, 6.45) is 4.33. The SMILES string of the molecule is CCC(Cc1c(OC)c(C(N)=O)cc(-n2cnnn2)c1N1CCC(Nc2nc3ccccc3n2Cc2ccc(F)cc2)CC1)c1ccc(F)cc1. The number of nitrogens with zero attached hydrogens (tertiary/aromatic N) is 7. The Morgan fingerprint density at radius 2 is 1.73 bits per heavy atom. The summed E-state index contributed by atoms with van der Waals surface area (Å²) in [5.74, 6) is -0.0396. The zero-order valence-electron chi connectivity index (χ0n) is 28.5. The molecular formula is C38H39F2N9O2. The van der Waals surface area contributed by atoms with E-state index in [0.29, 0.717) is 37.5 Å². The van der Waals surface area contributed by atoms with Gasteiger partial charge in [0.05, 0.1) is 41.6 Å². The number of tetrazole rings is 1. The van der Waals surface area contributed by atoms with E-state index in [2.05, 4.69) is 37.2 Å². The summed E-state index contributed by atoms with van der Waals surface area (Å²) in [5, 5.41) is 15.7. The van der Waals surface area contributed by atoms with Crippen molar-refractivity contribution in [1.29, 1.82) is 0 Å². The Labute approximate surface area is 294 Å². The number of fused-ring (bicyclic) bond motifs is 1. The third-order valence-electron chi connectivity index (χ3n) is 9.73. The molecule has 1 aliphatic rings. The molecule has 6 aromatic rings. The maximum atomic E-state index is 13.9. The summed E-state index contributed by atoms with van der Waals surface area (Å²) in [4.78, 5) is 20.1. The third kappa shape index (κ3) is 6.96. The van der Waals surface area contributed by atoms with Gasteiger partial charge in [-0.1, -0.05) is 43.3 Å².